The maximum atomic E-state index is 12.0. The summed E-state index contributed by atoms with van der Waals surface area (Å²) in [4.78, 5) is 15.1. The zero-order chi connectivity index (χ0) is 12.9. The lowest BCUT2D eigenvalue weighted by Gasteiger charge is -2.16. The van der Waals surface area contributed by atoms with Gasteiger partial charge in [-0.25, -0.2) is 8.42 Å². The van der Waals surface area contributed by atoms with Crippen LogP contribution in [-0.2, 0) is 14.8 Å². The average molecular weight is 257 g/mol. The fourth-order valence-corrected chi connectivity index (χ4v) is 2.31. The van der Waals surface area contributed by atoms with E-state index in [0.717, 1.165) is 4.31 Å². The molecule has 17 heavy (non-hydrogen) atoms. The highest BCUT2D eigenvalue weighted by atomic mass is 32.2. The van der Waals surface area contributed by atoms with Crippen molar-refractivity contribution in [1.82, 2.24) is 14.6 Å². The number of nitrogens with zero attached hydrogens (tertiary/aromatic N) is 2. The third-order valence-electron chi connectivity index (χ3n) is 2.08. The van der Waals surface area contributed by atoms with Gasteiger partial charge in [-0.15, -0.1) is 0 Å². The van der Waals surface area contributed by atoms with Crippen LogP contribution >= 0.6 is 0 Å². The summed E-state index contributed by atoms with van der Waals surface area (Å²) in [5.74, 6) is -0.331. The van der Waals surface area contributed by atoms with Gasteiger partial charge in [0.1, 0.15) is 4.90 Å². The number of sulfonamides is 1. The van der Waals surface area contributed by atoms with E-state index < -0.39 is 10.0 Å². The van der Waals surface area contributed by atoms with Crippen LogP contribution in [0.4, 0.5) is 0 Å². The van der Waals surface area contributed by atoms with Crippen LogP contribution in [0.3, 0.4) is 0 Å². The predicted octanol–water partition coefficient (Wildman–Crippen LogP) is -0.162. The van der Waals surface area contributed by atoms with Gasteiger partial charge in [-0.2, -0.15) is 4.31 Å². The summed E-state index contributed by atoms with van der Waals surface area (Å²) < 4.78 is 25.0. The summed E-state index contributed by atoms with van der Waals surface area (Å²) in [6, 6.07) is 2.98. The number of carbonyl (C=O) groups excluding carboxylic acids is 1. The first-order valence-corrected chi connectivity index (χ1v) is 6.55. The third-order valence-corrected chi connectivity index (χ3v) is 3.87. The Morgan fingerprint density at radius 1 is 1.53 bits per heavy atom. The minimum atomic E-state index is -3.64. The maximum absolute atomic E-state index is 12.0. The van der Waals surface area contributed by atoms with Gasteiger partial charge < -0.3 is 5.32 Å². The largest absolute Gasteiger partial charge is 0.355 e. The molecule has 0 atom stereocenters. The lowest BCUT2D eigenvalue weighted by atomic mass is 10.5. The van der Waals surface area contributed by atoms with Crippen LogP contribution in [0.1, 0.15) is 6.92 Å². The summed E-state index contributed by atoms with van der Waals surface area (Å²) in [5.41, 5.74) is 0. The van der Waals surface area contributed by atoms with Crippen molar-refractivity contribution in [2.24, 2.45) is 0 Å². The highest BCUT2D eigenvalue weighted by molar-refractivity contribution is 7.89. The van der Waals surface area contributed by atoms with E-state index in [2.05, 4.69) is 10.3 Å². The lowest BCUT2D eigenvalue weighted by molar-refractivity contribution is -0.121. The number of carbonyl (C=O) groups is 1. The molecule has 6 nitrogen and oxygen atoms in total. The van der Waals surface area contributed by atoms with Crippen LogP contribution in [0.2, 0.25) is 0 Å². The fourth-order valence-electron chi connectivity index (χ4n) is 1.22. The normalized spacial score (nSPS) is 11.5. The van der Waals surface area contributed by atoms with Crippen molar-refractivity contribution < 1.29 is 13.2 Å². The molecule has 0 aliphatic heterocycles. The van der Waals surface area contributed by atoms with Crippen LogP contribution in [0.5, 0.6) is 0 Å². The molecule has 1 rings (SSSR count). The number of hydrogen-bond acceptors (Lipinski definition) is 4. The quantitative estimate of drug-likeness (QED) is 0.795. The summed E-state index contributed by atoms with van der Waals surface area (Å²) >= 11 is 0. The van der Waals surface area contributed by atoms with E-state index >= 15 is 0 Å². The van der Waals surface area contributed by atoms with Crippen molar-refractivity contribution in [3.8, 4) is 0 Å². The molecule has 7 heteroatoms. The maximum Gasteiger partial charge on any atom is 0.244 e. The van der Waals surface area contributed by atoms with Crippen molar-refractivity contribution >= 4 is 15.9 Å². The molecule has 0 saturated heterocycles. The molecule has 94 valence electrons. The molecule has 1 aromatic rings. The molecule has 0 radical (unpaired) electrons. The van der Waals surface area contributed by atoms with Gasteiger partial charge in [0, 0.05) is 26.0 Å². The van der Waals surface area contributed by atoms with Crippen molar-refractivity contribution in [2.45, 2.75) is 11.8 Å². The Morgan fingerprint density at radius 3 is 2.76 bits per heavy atom. The van der Waals surface area contributed by atoms with Gasteiger partial charge in [0.2, 0.25) is 15.9 Å². The van der Waals surface area contributed by atoms with E-state index in [-0.39, 0.29) is 17.3 Å². The Balaban J connectivity index is 2.82. The Bertz CT molecular complexity index is 473. The summed E-state index contributed by atoms with van der Waals surface area (Å²) in [6.45, 7) is 2.04. The van der Waals surface area contributed by atoms with E-state index in [0.29, 0.717) is 6.54 Å². The zero-order valence-corrected chi connectivity index (χ0v) is 10.6. The van der Waals surface area contributed by atoms with Gasteiger partial charge in [0.05, 0.1) is 6.54 Å². The monoisotopic (exact) mass is 257 g/mol. The Hall–Kier alpha value is -1.47. The minimum absolute atomic E-state index is 0.0757. The zero-order valence-electron chi connectivity index (χ0n) is 9.75. The van der Waals surface area contributed by atoms with Gasteiger partial charge in [-0.3, -0.25) is 9.78 Å². The van der Waals surface area contributed by atoms with Crippen molar-refractivity contribution in [2.75, 3.05) is 20.1 Å². The second kappa shape index (κ2) is 5.74. The first kappa shape index (κ1) is 13.6. The number of likely N-dealkylation sites (N-methyl/N-ethyl adjacent to an activating group) is 2. The lowest BCUT2D eigenvalue weighted by Crippen LogP contribution is -2.38. The average Bonchev–Trinajstić information content (AvgIpc) is 2.30. The van der Waals surface area contributed by atoms with E-state index in [1.807, 2.05) is 0 Å². The van der Waals surface area contributed by atoms with E-state index in [4.69, 9.17) is 0 Å². The van der Waals surface area contributed by atoms with E-state index in [1.165, 1.54) is 31.6 Å². The van der Waals surface area contributed by atoms with Gasteiger partial charge in [0.25, 0.3) is 0 Å². The molecule has 1 N–H and O–H groups in total. The van der Waals surface area contributed by atoms with Crippen molar-refractivity contribution in [3.63, 3.8) is 0 Å². The van der Waals surface area contributed by atoms with Crippen LogP contribution in [0.25, 0.3) is 0 Å². The topological polar surface area (TPSA) is 79.4 Å². The number of pyridine rings is 1. The van der Waals surface area contributed by atoms with E-state index in [9.17, 15) is 13.2 Å². The van der Waals surface area contributed by atoms with E-state index in [1.54, 1.807) is 6.92 Å². The molecule has 1 aromatic heterocycles. The second-order valence-corrected chi connectivity index (χ2v) is 5.45. The molecule has 1 amide bonds. The standard InChI is InChI=1S/C10H15N3O3S/c1-3-12-10(14)8-13(2)17(15,16)9-5-4-6-11-7-9/h4-7H,3,8H2,1-2H3,(H,12,14). The van der Waals surface area contributed by atoms with Gasteiger partial charge in [-0.05, 0) is 19.1 Å². The summed E-state index contributed by atoms with van der Waals surface area (Å²) in [7, 11) is -2.28. The van der Waals surface area contributed by atoms with Crippen molar-refractivity contribution in [3.05, 3.63) is 24.5 Å². The van der Waals surface area contributed by atoms with Crippen molar-refractivity contribution in [1.29, 1.82) is 0 Å². The Kier molecular flexibility index (Phi) is 4.59. The number of rotatable bonds is 5. The first-order chi connectivity index (χ1) is 7.98. The third kappa shape index (κ3) is 3.50. The molecule has 0 aromatic carbocycles. The molecule has 0 spiro atoms. The molecule has 0 bridgehead atoms. The highest BCUT2D eigenvalue weighted by Gasteiger charge is 2.22. The summed E-state index contributed by atoms with van der Waals surface area (Å²) in [6.07, 6.45) is 2.74. The van der Waals surface area contributed by atoms with Gasteiger partial charge in [0.15, 0.2) is 0 Å². The van der Waals surface area contributed by atoms with Crippen LogP contribution in [-0.4, -0.2) is 43.8 Å². The van der Waals surface area contributed by atoms with Crippen LogP contribution < -0.4 is 5.32 Å². The Labute approximate surface area is 101 Å². The smallest absolute Gasteiger partial charge is 0.244 e. The molecule has 0 saturated carbocycles. The molecule has 0 aliphatic carbocycles. The molecule has 0 unspecified atom stereocenters. The predicted molar refractivity (Wildman–Crippen MR) is 62.7 cm³/mol. The second-order valence-electron chi connectivity index (χ2n) is 3.40. The molecule has 0 fully saturated rings. The molecular weight excluding hydrogens is 242 g/mol. The Morgan fingerprint density at radius 2 is 2.24 bits per heavy atom. The molecule has 1 heterocycles. The molecular formula is C10H15N3O3S. The number of nitrogens with one attached hydrogen (secondary N) is 1. The van der Waals surface area contributed by atoms with Crippen LogP contribution in [0.15, 0.2) is 29.4 Å². The minimum Gasteiger partial charge on any atom is -0.355 e. The number of hydrogen-bond donors (Lipinski definition) is 1. The van der Waals surface area contributed by atoms with Gasteiger partial charge >= 0.3 is 0 Å². The first-order valence-electron chi connectivity index (χ1n) is 5.11. The summed E-state index contributed by atoms with van der Waals surface area (Å²) in [5, 5.41) is 2.54. The fraction of sp³-hybridized carbons (Fsp3) is 0.400. The SMILES string of the molecule is CCNC(=O)CN(C)S(=O)(=O)c1cccnc1. The molecule has 0 aliphatic rings. The number of aromatic nitrogens is 1. The van der Waals surface area contributed by atoms with Crippen LogP contribution in [0, 0.1) is 0 Å². The highest BCUT2D eigenvalue weighted by Crippen LogP contribution is 2.11. The van der Waals surface area contributed by atoms with Gasteiger partial charge in [-0.1, -0.05) is 0 Å². The number of amides is 1.